The molecule has 3 heterocycles. The highest BCUT2D eigenvalue weighted by Crippen LogP contribution is 2.32. The van der Waals surface area contributed by atoms with Gasteiger partial charge in [0.2, 0.25) is 0 Å². The fourth-order valence-corrected chi connectivity index (χ4v) is 3.46. The van der Waals surface area contributed by atoms with Crippen molar-refractivity contribution in [3.8, 4) is 5.75 Å². The highest BCUT2D eigenvalue weighted by molar-refractivity contribution is 6.31. The first-order chi connectivity index (χ1) is 13.5. The van der Waals surface area contributed by atoms with E-state index in [0.717, 1.165) is 17.1 Å². The highest BCUT2D eigenvalue weighted by atomic mass is 35.5. The van der Waals surface area contributed by atoms with Crippen LogP contribution < -0.4 is 15.0 Å². The minimum atomic E-state index is -0.468. The van der Waals surface area contributed by atoms with E-state index in [1.807, 2.05) is 12.3 Å². The first-order valence-corrected chi connectivity index (χ1v) is 9.47. The number of ether oxygens (including phenoxy) is 1. The van der Waals surface area contributed by atoms with Crippen molar-refractivity contribution in [1.82, 2.24) is 19.9 Å². The van der Waals surface area contributed by atoms with E-state index in [0.29, 0.717) is 36.7 Å². The number of hydrogen-bond donors (Lipinski definition) is 1. The van der Waals surface area contributed by atoms with Crippen LogP contribution >= 0.6 is 11.6 Å². The Kier molecular flexibility index (Phi) is 4.85. The summed E-state index contributed by atoms with van der Waals surface area (Å²) in [5.41, 5.74) is 2.84. The minimum absolute atomic E-state index is 0.0708. The molecule has 0 saturated carbocycles. The van der Waals surface area contributed by atoms with Crippen LogP contribution in [0.5, 0.6) is 5.75 Å². The van der Waals surface area contributed by atoms with Gasteiger partial charge < -0.3 is 15.0 Å². The van der Waals surface area contributed by atoms with Crippen LogP contribution in [-0.4, -0.2) is 33.8 Å². The maximum Gasteiger partial charge on any atom is 0.166 e. The van der Waals surface area contributed by atoms with Gasteiger partial charge >= 0.3 is 0 Å². The Hall–Kier alpha value is -2.80. The molecule has 3 aromatic rings. The number of nitrogens with zero attached hydrogens (tertiary/aromatic N) is 4. The Bertz CT molecular complexity index is 1050. The smallest absolute Gasteiger partial charge is 0.166 e. The molecule has 0 atom stereocenters. The molecule has 0 unspecified atom stereocenters. The fourth-order valence-electron chi connectivity index (χ4n) is 3.25. The molecule has 0 amide bonds. The number of rotatable bonds is 1. The molecule has 2 bridgehead atoms. The van der Waals surface area contributed by atoms with Crippen molar-refractivity contribution in [1.29, 1.82) is 0 Å². The van der Waals surface area contributed by atoms with Crippen LogP contribution in [0, 0.1) is 5.82 Å². The van der Waals surface area contributed by atoms with Crippen molar-refractivity contribution < 1.29 is 9.13 Å². The zero-order valence-electron chi connectivity index (χ0n) is 15.7. The molecule has 0 saturated heterocycles. The van der Waals surface area contributed by atoms with Gasteiger partial charge in [0.25, 0.3) is 0 Å². The third-order valence-corrected chi connectivity index (χ3v) is 5.19. The number of benzene rings is 1. The molecule has 2 aromatic heterocycles. The van der Waals surface area contributed by atoms with E-state index in [2.05, 4.69) is 35.7 Å². The van der Waals surface area contributed by atoms with Crippen molar-refractivity contribution in [3.05, 3.63) is 59.1 Å². The topological polar surface area (TPSA) is 54.7 Å². The standard InChI is InChI=1S/C20H21ClFN5O/c1-12(2)26-11-15-17(5-4-16(22)19(15)21)28-9-7-23-13(3)14-10-24-27-8-6-18(26)25-20(14)27/h4-6,8,10,12,23H,3,7,9,11H2,1-2H3. The van der Waals surface area contributed by atoms with Crippen LogP contribution in [0.3, 0.4) is 0 Å². The maximum atomic E-state index is 14.2. The second-order valence-corrected chi connectivity index (χ2v) is 7.30. The highest BCUT2D eigenvalue weighted by Gasteiger charge is 2.21. The summed E-state index contributed by atoms with van der Waals surface area (Å²) in [7, 11) is 0. The Labute approximate surface area is 167 Å². The number of anilines is 1. The quantitative estimate of drug-likeness (QED) is 0.670. The average molecular weight is 402 g/mol. The Morgan fingerprint density at radius 3 is 2.93 bits per heavy atom. The zero-order chi connectivity index (χ0) is 19.8. The average Bonchev–Trinajstić information content (AvgIpc) is 3.09. The number of aromatic nitrogens is 3. The lowest BCUT2D eigenvalue weighted by molar-refractivity contribution is 0.317. The Morgan fingerprint density at radius 1 is 1.32 bits per heavy atom. The number of hydrogen-bond acceptors (Lipinski definition) is 5. The van der Waals surface area contributed by atoms with Gasteiger partial charge in [0.1, 0.15) is 24.0 Å². The first kappa shape index (κ1) is 18.6. The summed E-state index contributed by atoms with van der Waals surface area (Å²) in [5.74, 6) is 0.834. The zero-order valence-corrected chi connectivity index (χ0v) is 16.5. The van der Waals surface area contributed by atoms with Crippen LogP contribution in [0.1, 0.15) is 25.0 Å². The minimum Gasteiger partial charge on any atom is -0.491 e. The summed E-state index contributed by atoms with van der Waals surface area (Å²) >= 11 is 6.31. The molecule has 6 nitrogen and oxygen atoms in total. The lowest BCUT2D eigenvalue weighted by atomic mass is 10.1. The van der Waals surface area contributed by atoms with Crippen LogP contribution in [0.15, 0.2) is 37.2 Å². The first-order valence-electron chi connectivity index (χ1n) is 9.09. The van der Waals surface area contributed by atoms with Crippen molar-refractivity contribution in [2.24, 2.45) is 0 Å². The molecule has 0 fully saturated rings. The van der Waals surface area contributed by atoms with Crippen molar-refractivity contribution >= 4 is 28.8 Å². The van der Waals surface area contributed by atoms with Gasteiger partial charge in [-0.05, 0) is 32.0 Å². The third-order valence-electron chi connectivity index (χ3n) is 4.78. The third kappa shape index (κ3) is 3.26. The molecular weight excluding hydrogens is 381 g/mol. The van der Waals surface area contributed by atoms with Gasteiger partial charge in [0.05, 0.1) is 16.8 Å². The summed E-state index contributed by atoms with van der Waals surface area (Å²) < 4.78 is 21.8. The van der Waals surface area contributed by atoms with Crippen LogP contribution in [0.4, 0.5) is 10.2 Å². The van der Waals surface area contributed by atoms with E-state index in [1.165, 1.54) is 6.07 Å². The van der Waals surface area contributed by atoms with Crippen molar-refractivity contribution in [2.45, 2.75) is 26.4 Å². The number of nitrogens with one attached hydrogen (secondary N) is 1. The summed E-state index contributed by atoms with van der Waals surface area (Å²) in [6.07, 6.45) is 3.59. The number of halogens is 2. The predicted octanol–water partition coefficient (Wildman–Crippen LogP) is 3.89. The Balaban J connectivity index is 1.88. The monoisotopic (exact) mass is 401 g/mol. The molecule has 146 valence electrons. The Morgan fingerprint density at radius 2 is 2.14 bits per heavy atom. The summed E-state index contributed by atoms with van der Waals surface area (Å²) in [5, 5.41) is 7.65. The van der Waals surface area contributed by atoms with Gasteiger partial charge in [-0.25, -0.2) is 13.9 Å². The lowest BCUT2D eigenvalue weighted by Gasteiger charge is -2.29. The van der Waals surface area contributed by atoms with E-state index in [-0.39, 0.29) is 11.1 Å². The molecule has 1 aliphatic rings. The van der Waals surface area contributed by atoms with Gasteiger partial charge in [-0.1, -0.05) is 18.2 Å². The molecule has 1 aliphatic heterocycles. The number of fused-ring (bicyclic) bond motifs is 2. The molecule has 28 heavy (non-hydrogen) atoms. The van der Waals surface area contributed by atoms with Gasteiger partial charge in [0.15, 0.2) is 5.65 Å². The van der Waals surface area contributed by atoms with Gasteiger partial charge in [-0.3, -0.25) is 0 Å². The molecular formula is C20H21ClFN5O. The van der Waals surface area contributed by atoms with E-state index >= 15 is 0 Å². The van der Waals surface area contributed by atoms with Gasteiger partial charge in [-0.2, -0.15) is 5.10 Å². The molecule has 1 N–H and O–H groups in total. The van der Waals surface area contributed by atoms with E-state index < -0.39 is 5.82 Å². The molecule has 0 aliphatic carbocycles. The molecule has 8 heteroatoms. The predicted molar refractivity (Wildman–Crippen MR) is 108 cm³/mol. The fraction of sp³-hybridized carbons (Fsp3) is 0.300. The maximum absolute atomic E-state index is 14.2. The van der Waals surface area contributed by atoms with Crippen LogP contribution in [0.25, 0.3) is 11.3 Å². The molecule has 1 aromatic carbocycles. The van der Waals surface area contributed by atoms with Gasteiger partial charge in [-0.15, -0.1) is 0 Å². The summed E-state index contributed by atoms with van der Waals surface area (Å²) in [6, 6.07) is 4.93. The molecule has 0 radical (unpaired) electrons. The largest absolute Gasteiger partial charge is 0.491 e. The second-order valence-electron chi connectivity index (χ2n) is 6.93. The normalized spacial score (nSPS) is 14.9. The van der Waals surface area contributed by atoms with Crippen molar-refractivity contribution in [3.63, 3.8) is 0 Å². The summed E-state index contributed by atoms with van der Waals surface area (Å²) in [6.45, 7) is 9.47. The van der Waals surface area contributed by atoms with E-state index in [4.69, 9.17) is 21.3 Å². The second kappa shape index (κ2) is 7.31. The molecule has 0 spiro atoms. The lowest BCUT2D eigenvalue weighted by Crippen LogP contribution is -2.31. The SMILES string of the molecule is C=C1NCCOc2ccc(F)c(Cl)c2CN(C(C)C)c2ccn3ncc1c3n2. The van der Waals surface area contributed by atoms with E-state index in [9.17, 15) is 4.39 Å². The van der Waals surface area contributed by atoms with E-state index in [1.54, 1.807) is 16.8 Å². The van der Waals surface area contributed by atoms with Crippen LogP contribution in [-0.2, 0) is 6.54 Å². The summed E-state index contributed by atoms with van der Waals surface area (Å²) in [4.78, 5) is 6.86. The van der Waals surface area contributed by atoms with Crippen LogP contribution in [0.2, 0.25) is 5.02 Å². The molecule has 4 rings (SSSR count). The van der Waals surface area contributed by atoms with Crippen molar-refractivity contribution in [2.75, 3.05) is 18.1 Å². The van der Waals surface area contributed by atoms with Gasteiger partial charge in [0, 0.05) is 36.6 Å².